The van der Waals surface area contributed by atoms with E-state index in [9.17, 15) is 14.4 Å². The molecule has 0 unspecified atom stereocenters. The van der Waals surface area contributed by atoms with Gasteiger partial charge < -0.3 is 20.1 Å². The summed E-state index contributed by atoms with van der Waals surface area (Å²) in [6.45, 7) is 3.75. The summed E-state index contributed by atoms with van der Waals surface area (Å²) in [5, 5.41) is 5.31. The first-order chi connectivity index (χ1) is 12.9. The summed E-state index contributed by atoms with van der Waals surface area (Å²) in [5.74, 6) is -0.619. The van der Waals surface area contributed by atoms with Crippen LogP contribution < -0.4 is 10.6 Å². The van der Waals surface area contributed by atoms with Crippen LogP contribution in [0.1, 0.15) is 38.7 Å². The van der Waals surface area contributed by atoms with Crippen molar-refractivity contribution in [1.29, 1.82) is 0 Å². The highest BCUT2D eigenvalue weighted by Gasteiger charge is 2.33. The van der Waals surface area contributed by atoms with Crippen molar-refractivity contribution in [3.05, 3.63) is 35.9 Å². The average Bonchev–Trinajstić information content (AvgIpc) is 3.47. The van der Waals surface area contributed by atoms with Crippen LogP contribution in [-0.2, 0) is 25.7 Å². The maximum atomic E-state index is 12.6. The minimum Gasteiger partial charge on any atom is -0.467 e. The quantitative estimate of drug-likeness (QED) is 0.646. The van der Waals surface area contributed by atoms with Crippen LogP contribution in [0.15, 0.2) is 30.3 Å². The van der Waals surface area contributed by atoms with Gasteiger partial charge in [0.15, 0.2) is 0 Å². The molecule has 1 saturated carbocycles. The zero-order valence-corrected chi connectivity index (χ0v) is 16.1. The Labute approximate surface area is 159 Å². The number of nitrogens with one attached hydrogen (secondary N) is 2. The minimum absolute atomic E-state index is 0.117. The number of benzene rings is 1. The highest BCUT2D eigenvalue weighted by atomic mass is 16.5. The van der Waals surface area contributed by atoms with Gasteiger partial charge in [0.1, 0.15) is 18.7 Å². The zero-order chi connectivity index (χ0) is 19.8. The van der Waals surface area contributed by atoms with Gasteiger partial charge in [-0.2, -0.15) is 0 Å². The fourth-order valence-corrected chi connectivity index (χ4v) is 2.73. The highest BCUT2D eigenvalue weighted by molar-refractivity contribution is 5.89. The van der Waals surface area contributed by atoms with Crippen molar-refractivity contribution in [2.45, 2.75) is 51.8 Å². The molecule has 2 atom stereocenters. The van der Waals surface area contributed by atoms with E-state index in [2.05, 4.69) is 10.6 Å². The van der Waals surface area contributed by atoms with Crippen molar-refractivity contribution >= 4 is 18.0 Å². The van der Waals surface area contributed by atoms with Crippen LogP contribution in [0.4, 0.5) is 4.79 Å². The lowest BCUT2D eigenvalue weighted by molar-refractivity contribution is -0.145. The van der Waals surface area contributed by atoms with Gasteiger partial charge in [0.25, 0.3) is 0 Å². The first-order valence-corrected chi connectivity index (χ1v) is 9.26. The van der Waals surface area contributed by atoms with Crippen LogP contribution in [0.2, 0.25) is 0 Å². The van der Waals surface area contributed by atoms with Gasteiger partial charge in [-0.3, -0.25) is 4.79 Å². The van der Waals surface area contributed by atoms with Gasteiger partial charge in [-0.15, -0.1) is 0 Å². The third-order valence-corrected chi connectivity index (χ3v) is 4.50. The Kier molecular flexibility index (Phi) is 7.64. The maximum Gasteiger partial charge on any atom is 0.408 e. The van der Waals surface area contributed by atoms with Crippen molar-refractivity contribution < 1.29 is 23.9 Å². The summed E-state index contributed by atoms with van der Waals surface area (Å²) in [6, 6.07) is 7.78. The Morgan fingerprint density at radius 3 is 2.33 bits per heavy atom. The van der Waals surface area contributed by atoms with Gasteiger partial charge in [-0.05, 0) is 23.8 Å². The summed E-state index contributed by atoms with van der Waals surface area (Å²) in [5.41, 5.74) is 0.855. The van der Waals surface area contributed by atoms with E-state index in [-0.39, 0.29) is 12.5 Å². The largest absolute Gasteiger partial charge is 0.467 e. The summed E-state index contributed by atoms with van der Waals surface area (Å²) in [4.78, 5) is 36.7. The number of esters is 1. The van der Waals surface area contributed by atoms with Gasteiger partial charge >= 0.3 is 12.1 Å². The van der Waals surface area contributed by atoms with Crippen LogP contribution in [0.25, 0.3) is 0 Å². The Morgan fingerprint density at radius 2 is 1.78 bits per heavy atom. The number of amides is 2. The van der Waals surface area contributed by atoms with Gasteiger partial charge in [0.05, 0.1) is 7.11 Å². The molecule has 1 fully saturated rings. The molecule has 1 aliphatic rings. The number of carbonyl (C=O) groups excluding carboxylic acids is 3. The molecule has 0 bridgehead atoms. The highest BCUT2D eigenvalue weighted by Crippen LogP contribution is 2.33. The van der Waals surface area contributed by atoms with Crippen LogP contribution in [-0.4, -0.2) is 37.2 Å². The number of rotatable bonds is 9. The Morgan fingerprint density at radius 1 is 1.11 bits per heavy atom. The third-order valence-electron chi connectivity index (χ3n) is 4.50. The predicted molar refractivity (Wildman–Crippen MR) is 99.7 cm³/mol. The van der Waals surface area contributed by atoms with Gasteiger partial charge in [-0.25, -0.2) is 9.59 Å². The summed E-state index contributed by atoms with van der Waals surface area (Å²) < 4.78 is 9.97. The van der Waals surface area contributed by atoms with E-state index in [0.717, 1.165) is 18.4 Å². The number of alkyl carbamates (subject to hydrolysis) is 1. The molecule has 2 amide bonds. The van der Waals surface area contributed by atoms with Crippen molar-refractivity contribution in [3.63, 3.8) is 0 Å². The maximum absolute atomic E-state index is 12.6. The number of hydrogen-bond donors (Lipinski definition) is 2. The molecule has 2 rings (SSSR count). The predicted octanol–water partition coefficient (Wildman–Crippen LogP) is 2.40. The number of ether oxygens (including phenoxy) is 2. The SMILES string of the molecule is COC(=O)[C@@H](CC1CC1)NC(=O)[C@@H](NC(=O)OCc1ccccc1)C(C)C. The molecule has 1 aromatic rings. The lowest BCUT2D eigenvalue weighted by atomic mass is 10.0. The van der Waals surface area contributed by atoms with Crippen LogP contribution in [0, 0.1) is 11.8 Å². The third kappa shape index (κ3) is 6.92. The van der Waals surface area contributed by atoms with E-state index in [1.807, 2.05) is 44.2 Å². The molecule has 0 spiro atoms. The molecular formula is C20H28N2O5. The Bertz CT molecular complexity index is 643. The minimum atomic E-state index is -0.806. The summed E-state index contributed by atoms with van der Waals surface area (Å²) >= 11 is 0. The first-order valence-electron chi connectivity index (χ1n) is 9.26. The number of carbonyl (C=O) groups is 3. The first kappa shape index (κ1) is 20.7. The molecule has 7 nitrogen and oxygen atoms in total. The van der Waals surface area contributed by atoms with E-state index in [1.54, 1.807) is 0 Å². The molecular weight excluding hydrogens is 348 g/mol. The Balaban J connectivity index is 1.90. The topological polar surface area (TPSA) is 93.7 Å². The van der Waals surface area contributed by atoms with Crippen molar-refractivity contribution in [1.82, 2.24) is 10.6 Å². The second kappa shape index (κ2) is 9.94. The van der Waals surface area contributed by atoms with Crippen LogP contribution in [0.5, 0.6) is 0 Å². The van der Waals surface area contributed by atoms with E-state index >= 15 is 0 Å². The van der Waals surface area contributed by atoms with Gasteiger partial charge in [0.2, 0.25) is 5.91 Å². The smallest absolute Gasteiger partial charge is 0.408 e. The van der Waals surface area contributed by atoms with Crippen molar-refractivity contribution in [3.8, 4) is 0 Å². The van der Waals surface area contributed by atoms with E-state index in [1.165, 1.54) is 7.11 Å². The fourth-order valence-electron chi connectivity index (χ4n) is 2.73. The van der Waals surface area contributed by atoms with Gasteiger partial charge in [-0.1, -0.05) is 57.0 Å². The molecule has 1 aromatic carbocycles. The lowest BCUT2D eigenvalue weighted by Crippen LogP contribution is -2.54. The molecule has 0 saturated heterocycles. The average molecular weight is 376 g/mol. The van der Waals surface area contributed by atoms with Gasteiger partial charge in [0, 0.05) is 0 Å². The Hall–Kier alpha value is -2.57. The van der Waals surface area contributed by atoms with Crippen LogP contribution >= 0.6 is 0 Å². The normalized spacial score (nSPS) is 15.6. The lowest BCUT2D eigenvalue weighted by Gasteiger charge is -2.24. The number of hydrogen-bond acceptors (Lipinski definition) is 5. The second-order valence-corrected chi connectivity index (χ2v) is 7.19. The van der Waals surface area contributed by atoms with Crippen LogP contribution in [0.3, 0.4) is 0 Å². The van der Waals surface area contributed by atoms with Crippen molar-refractivity contribution in [2.24, 2.45) is 11.8 Å². The molecule has 0 radical (unpaired) electrons. The molecule has 0 aromatic heterocycles. The molecule has 27 heavy (non-hydrogen) atoms. The fraction of sp³-hybridized carbons (Fsp3) is 0.550. The molecule has 7 heteroatoms. The molecule has 0 aliphatic heterocycles. The summed E-state index contributed by atoms with van der Waals surface area (Å²) in [7, 11) is 1.30. The van der Waals surface area contributed by atoms with Crippen molar-refractivity contribution in [2.75, 3.05) is 7.11 Å². The molecule has 1 aliphatic carbocycles. The van der Waals surface area contributed by atoms with E-state index in [0.29, 0.717) is 12.3 Å². The second-order valence-electron chi connectivity index (χ2n) is 7.19. The monoisotopic (exact) mass is 376 g/mol. The molecule has 2 N–H and O–H groups in total. The number of methoxy groups -OCH3 is 1. The van der Waals surface area contributed by atoms with E-state index in [4.69, 9.17) is 9.47 Å². The summed E-state index contributed by atoms with van der Waals surface area (Å²) in [6.07, 6.45) is 1.99. The molecule has 0 heterocycles. The molecule has 148 valence electrons. The standard InChI is InChI=1S/C20H28N2O5/c1-13(2)17(22-20(25)27-12-15-7-5-4-6-8-15)18(23)21-16(19(24)26-3)11-14-9-10-14/h4-8,13-14,16-17H,9-12H2,1-3H3,(H,21,23)(H,22,25)/t16-,17+/m1/s1. The van der Waals surface area contributed by atoms with E-state index < -0.39 is 30.1 Å². The zero-order valence-electron chi connectivity index (χ0n) is 16.1.